The zero-order valence-corrected chi connectivity index (χ0v) is 14.6. The van der Waals surface area contributed by atoms with E-state index in [0.717, 1.165) is 24.3 Å². The minimum absolute atomic E-state index is 0.271. The summed E-state index contributed by atoms with van der Waals surface area (Å²) in [6.07, 6.45) is 0.997. The number of methoxy groups -OCH3 is 1. The van der Waals surface area contributed by atoms with Crippen molar-refractivity contribution in [2.45, 2.75) is 13.0 Å². The van der Waals surface area contributed by atoms with E-state index in [1.54, 1.807) is 19.2 Å². The number of amides is 1. The number of furan rings is 1. The molecule has 5 nitrogen and oxygen atoms in total. The van der Waals surface area contributed by atoms with Gasteiger partial charge in [0, 0.05) is 19.3 Å². The van der Waals surface area contributed by atoms with Gasteiger partial charge in [0.1, 0.15) is 12.4 Å². The monoisotopic (exact) mass is 348 g/mol. The SMILES string of the molecule is COCc1ccc(C(=O)Nc2ccccc2N2CCc3ccccc32)o1. The third kappa shape index (κ3) is 3.09. The van der Waals surface area contributed by atoms with Crippen LogP contribution in [0.25, 0.3) is 0 Å². The fraction of sp³-hybridized carbons (Fsp3) is 0.190. The van der Waals surface area contributed by atoms with Crippen molar-refractivity contribution in [1.29, 1.82) is 0 Å². The Labute approximate surface area is 152 Å². The van der Waals surface area contributed by atoms with Crippen molar-refractivity contribution in [3.8, 4) is 0 Å². The summed E-state index contributed by atoms with van der Waals surface area (Å²) in [5.41, 5.74) is 4.26. The van der Waals surface area contributed by atoms with Crippen molar-refractivity contribution in [3.05, 3.63) is 77.7 Å². The number of anilines is 3. The van der Waals surface area contributed by atoms with Crippen LogP contribution in [-0.4, -0.2) is 19.6 Å². The summed E-state index contributed by atoms with van der Waals surface area (Å²) in [6.45, 7) is 1.24. The first-order valence-corrected chi connectivity index (χ1v) is 8.60. The summed E-state index contributed by atoms with van der Waals surface area (Å²) in [5, 5.41) is 2.97. The third-order valence-corrected chi connectivity index (χ3v) is 4.50. The number of carbonyl (C=O) groups is 1. The topological polar surface area (TPSA) is 54.7 Å². The molecule has 4 rings (SSSR count). The Morgan fingerprint density at radius 3 is 2.69 bits per heavy atom. The first-order chi connectivity index (χ1) is 12.8. The lowest BCUT2D eigenvalue weighted by Gasteiger charge is -2.22. The number of hydrogen-bond acceptors (Lipinski definition) is 4. The number of nitrogens with one attached hydrogen (secondary N) is 1. The van der Waals surface area contributed by atoms with E-state index < -0.39 is 0 Å². The second kappa shape index (κ2) is 7.06. The molecule has 1 aliphatic rings. The van der Waals surface area contributed by atoms with Crippen LogP contribution in [0.4, 0.5) is 17.1 Å². The fourth-order valence-corrected chi connectivity index (χ4v) is 3.31. The van der Waals surface area contributed by atoms with Gasteiger partial charge in [0.2, 0.25) is 0 Å². The smallest absolute Gasteiger partial charge is 0.291 e. The predicted molar refractivity (Wildman–Crippen MR) is 101 cm³/mol. The van der Waals surface area contributed by atoms with Crippen molar-refractivity contribution in [2.75, 3.05) is 23.9 Å². The lowest BCUT2D eigenvalue weighted by molar-refractivity contribution is 0.0987. The molecule has 3 aromatic rings. The molecule has 0 bridgehead atoms. The Morgan fingerprint density at radius 1 is 1.08 bits per heavy atom. The molecule has 1 amide bonds. The quantitative estimate of drug-likeness (QED) is 0.744. The van der Waals surface area contributed by atoms with Crippen LogP contribution in [0.1, 0.15) is 21.9 Å². The van der Waals surface area contributed by atoms with Crippen LogP contribution in [0.15, 0.2) is 65.1 Å². The van der Waals surface area contributed by atoms with Crippen LogP contribution in [0, 0.1) is 0 Å². The molecular weight excluding hydrogens is 328 g/mol. The molecule has 5 heteroatoms. The van der Waals surface area contributed by atoms with Gasteiger partial charge in [-0.25, -0.2) is 0 Å². The van der Waals surface area contributed by atoms with E-state index in [9.17, 15) is 4.79 Å². The van der Waals surface area contributed by atoms with E-state index in [1.807, 2.05) is 30.3 Å². The maximum atomic E-state index is 12.6. The van der Waals surface area contributed by atoms with Crippen molar-refractivity contribution in [2.24, 2.45) is 0 Å². The number of nitrogens with zero attached hydrogens (tertiary/aromatic N) is 1. The van der Waals surface area contributed by atoms with Gasteiger partial charge in [-0.15, -0.1) is 0 Å². The van der Waals surface area contributed by atoms with E-state index in [1.165, 1.54) is 11.3 Å². The van der Waals surface area contributed by atoms with Crippen molar-refractivity contribution >= 4 is 23.0 Å². The molecule has 0 fully saturated rings. The molecule has 0 atom stereocenters. The standard InChI is InChI=1S/C21H20N2O3/c1-25-14-16-10-11-20(26-16)21(24)22-17-7-3-5-9-19(17)23-13-12-15-6-2-4-8-18(15)23/h2-11H,12-14H2,1H3,(H,22,24). The molecule has 0 aliphatic carbocycles. The van der Waals surface area contributed by atoms with Gasteiger partial charge in [-0.1, -0.05) is 30.3 Å². The van der Waals surface area contributed by atoms with Gasteiger partial charge < -0.3 is 19.4 Å². The first kappa shape index (κ1) is 16.4. The largest absolute Gasteiger partial charge is 0.453 e. The van der Waals surface area contributed by atoms with Gasteiger partial charge in [-0.05, 0) is 42.3 Å². The van der Waals surface area contributed by atoms with Crippen LogP contribution >= 0.6 is 0 Å². The Hall–Kier alpha value is -3.05. The predicted octanol–water partition coefficient (Wildman–Crippen LogP) is 4.37. The van der Waals surface area contributed by atoms with E-state index in [-0.39, 0.29) is 11.7 Å². The van der Waals surface area contributed by atoms with Crippen molar-refractivity contribution < 1.29 is 13.9 Å². The number of fused-ring (bicyclic) bond motifs is 1. The van der Waals surface area contributed by atoms with E-state index in [4.69, 9.17) is 9.15 Å². The molecule has 132 valence electrons. The van der Waals surface area contributed by atoms with E-state index in [0.29, 0.717) is 12.4 Å². The van der Waals surface area contributed by atoms with Crippen LogP contribution < -0.4 is 10.2 Å². The number of para-hydroxylation sites is 3. The highest BCUT2D eigenvalue weighted by Crippen LogP contribution is 2.38. The summed E-state index contributed by atoms with van der Waals surface area (Å²) in [5.74, 6) is 0.625. The first-order valence-electron chi connectivity index (χ1n) is 8.60. The summed E-state index contributed by atoms with van der Waals surface area (Å²) >= 11 is 0. The molecule has 0 saturated heterocycles. The Morgan fingerprint density at radius 2 is 1.85 bits per heavy atom. The van der Waals surface area contributed by atoms with Gasteiger partial charge in [-0.3, -0.25) is 4.79 Å². The second-order valence-corrected chi connectivity index (χ2v) is 6.20. The maximum Gasteiger partial charge on any atom is 0.291 e. The molecule has 0 unspecified atom stereocenters. The van der Waals surface area contributed by atoms with Crippen LogP contribution in [-0.2, 0) is 17.8 Å². The molecule has 2 heterocycles. The van der Waals surface area contributed by atoms with Gasteiger partial charge in [-0.2, -0.15) is 0 Å². The van der Waals surface area contributed by atoms with Gasteiger partial charge in [0.15, 0.2) is 5.76 Å². The van der Waals surface area contributed by atoms with Crippen molar-refractivity contribution in [3.63, 3.8) is 0 Å². The lowest BCUT2D eigenvalue weighted by Crippen LogP contribution is -2.18. The molecule has 0 radical (unpaired) electrons. The number of rotatable bonds is 5. The Bertz CT molecular complexity index is 932. The number of carbonyl (C=O) groups excluding carboxylic acids is 1. The van der Waals surface area contributed by atoms with Crippen LogP contribution in [0.2, 0.25) is 0 Å². The van der Waals surface area contributed by atoms with Gasteiger partial charge in [0.25, 0.3) is 5.91 Å². The second-order valence-electron chi connectivity index (χ2n) is 6.20. The lowest BCUT2D eigenvalue weighted by atomic mass is 10.1. The molecule has 2 aromatic carbocycles. The summed E-state index contributed by atoms with van der Waals surface area (Å²) in [6, 6.07) is 19.6. The zero-order valence-electron chi connectivity index (χ0n) is 14.6. The fourth-order valence-electron chi connectivity index (χ4n) is 3.31. The Kier molecular flexibility index (Phi) is 4.46. The Balaban J connectivity index is 1.59. The van der Waals surface area contributed by atoms with Gasteiger partial charge in [0.05, 0.1) is 11.4 Å². The molecule has 26 heavy (non-hydrogen) atoms. The van der Waals surface area contributed by atoms with E-state index in [2.05, 4.69) is 28.4 Å². The summed E-state index contributed by atoms with van der Waals surface area (Å²) in [7, 11) is 1.59. The van der Waals surface area contributed by atoms with Gasteiger partial charge >= 0.3 is 0 Å². The molecule has 0 saturated carbocycles. The number of benzene rings is 2. The van der Waals surface area contributed by atoms with E-state index >= 15 is 0 Å². The highest BCUT2D eigenvalue weighted by Gasteiger charge is 2.23. The normalized spacial score (nSPS) is 12.9. The van der Waals surface area contributed by atoms with Crippen molar-refractivity contribution in [1.82, 2.24) is 0 Å². The number of hydrogen-bond donors (Lipinski definition) is 1. The molecule has 1 aliphatic heterocycles. The average Bonchev–Trinajstić information content (AvgIpc) is 3.30. The summed E-state index contributed by atoms with van der Waals surface area (Å²) in [4.78, 5) is 14.8. The maximum absolute atomic E-state index is 12.6. The highest BCUT2D eigenvalue weighted by molar-refractivity contribution is 6.04. The zero-order chi connectivity index (χ0) is 17.9. The summed E-state index contributed by atoms with van der Waals surface area (Å²) < 4.78 is 10.6. The minimum Gasteiger partial charge on any atom is -0.453 e. The molecule has 1 N–H and O–H groups in total. The number of ether oxygens (including phenoxy) is 1. The molecule has 1 aromatic heterocycles. The highest BCUT2D eigenvalue weighted by atomic mass is 16.5. The molecule has 0 spiro atoms. The van der Waals surface area contributed by atoms with Crippen LogP contribution in [0.5, 0.6) is 0 Å². The molecular formula is C21H20N2O3. The minimum atomic E-state index is -0.271. The van der Waals surface area contributed by atoms with Crippen LogP contribution in [0.3, 0.4) is 0 Å². The average molecular weight is 348 g/mol. The third-order valence-electron chi connectivity index (χ3n) is 4.50.